The molecule has 2 atom stereocenters. The summed E-state index contributed by atoms with van der Waals surface area (Å²) in [5, 5.41) is 5.20. The molecule has 2 unspecified atom stereocenters. The average molecular weight is 495 g/mol. The molecule has 5 heteroatoms. The first-order valence-corrected chi connectivity index (χ1v) is 12.4. The van der Waals surface area contributed by atoms with Crippen LogP contribution in [0.3, 0.4) is 0 Å². The van der Waals surface area contributed by atoms with Crippen LogP contribution in [0.1, 0.15) is 63.8 Å². The smallest absolute Gasteiger partial charge is 0.133 e. The number of nitrogens with zero attached hydrogens (tertiary/aromatic N) is 1. The minimum Gasteiger partial charge on any atom is -0.493 e. The van der Waals surface area contributed by atoms with Crippen molar-refractivity contribution in [2.45, 2.75) is 58.0 Å². The van der Waals surface area contributed by atoms with Gasteiger partial charge in [-0.1, -0.05) is 74.3 Å². The summed E-state index contributed by atoms with van der Waals surface area (Å²) < 4.78 is 6.04. The molecule has 0 aliphatic carbocycles. The van der Waals surface area contributed by atoms with Crippen molar-refractivity contribution >= 4 is 29.0 Å². The number of rotatable bonds is 5. The van der Waals surface area contributed by atoms with Crippen LogP contribution in [0, 0.1) is 0 Å². The van der Waals surface area contributed by atoms with Gasteiger partial charge in [0, 0.05) is 10.0 Å². The normalized spacial score (nSPS) is 22.3. The molecule has 178 valence electrons. The van der Waals surface area contributed by atoms with Crippen molar-refractivity contribution in [1.29, 1.82) is 0 Å². The number of nitrogens with one attached hydrogen (secondary N) is 1. The maximum absolute atomic E-state index is 6.23. The van der Waals surface area contributed by atoms with Gasteiger partial charge < -0.3 is 10.1 Å². The first-order chi connectivity index (χ1) is 16.0. The number of aliphatic imine (C=N–C) groups is 1. The summed E-state index contributed by atoms with van der Waals surface area (Å²) in [6, 6.07) is 22.3. The largest absolute Gasteiger partial charge is 0.493 e. The van der Waals surface area contributed by atoms with E-state index in [1.807, 2.05) is 31.2 Å². The Balaban J connectivity index is 1.93. The zero-order valence-electron chi connectivity index (χ0n) is 20.7. The second kappa shape index (κ2) is 8.94. The lowest BCUT2D eigenvalue weighted by Gasteiger charge is -2.40. The molecule has 0 fully saturated rings. The highest BCUT2D eigenvalue weighted by atomic mass is 35.5. The standard InChI is InChI=1S/C29H32Cl2N2O/c1-7-34-25-17-12-21(27(2,3)4)18-24(25)26-32-28(5,19-8-13-22(30)14-9-19)29(6,33-26)20-10-15-23(31)16-11-20/h8-18H,7H2,1-6H3,(H,32,33). The van der Waals surface area contributed by atoms with Crippen LogP contribution in [0.15, 0.2) is 71.7 Å². The van der Waals surface area contributed by atoms with Gasteiger partial charge in [0.15, 0.2) is 0 Å². The Labute approximate surface area is 213 Å². The van der Waals surface area contributed by atoms with Crippen LogP contribution in [0.25, 0.3) is 0 Å². The third kappa shape index (κ3) is 4.32. The number of hydrogen-bond donors (Lipinski definition) is 1. The lowest BCUT2D eigenvalue weighted by Crippen LogP contribution is -2.50. The van der Waals surface area contributed by atoms with Crippen molar-refractivity contribution in [1.82, 2.24) is 5.32 Å². The van der Waals surface area contributed by atoms with Gasteiger partial charge in [-0.05, 0) is 79.3 Å². The Morgan fingerprint density at radius 3 is 1.94 bits per heavy atom. The van der Waals surface area contributed by atoms with Crippen molar-refractivity contribution in [3.8, 4) is 5.75 Å². The third-order valence-electron chi connectivity index (χ3n) is 6.91. The van der Waals surface area contributed by atoms with E-state index in [2.05, 4.69) is 82.4 Å². The molecule has 1 aliphatic rings. The third-order valence-corrected chi connectivity index (χ3v) is 7.41. The summed E-state index contributed by atoms with van der Waals surface area (Å²) in [7, 11) is 0. The molecule has 1 aliphatic heterocycles. The summed E-state index contributed by atoms with van der Waals surface area (Å²) in [5.74, 6) is 1.63. The van der Waals surface area contributed by atoms with Gasteiger partial charge in [0.25, 0.3) is 0 Å². The molecule has 0 radical (unpaired) electrons. The SMILES string of the molecule is CCOc1ccc(C(C)(C)C)cc1C1=NC(C)(c2ccc(Cl)cc2)C(C)(c2ccc(Cl)cc2)N1. The first-order valence-electron chi connectivity index (χ1n) is 11.7. The number of ether oxygens (including phenoxy) is 1. The molecular formula is C29H32Cl2N2O. The second-order valence-corrected chi connectivity index (χ2v) is 11.1. The summed E-state index contributed by atoms with van der Waals surface area (Å²) in [4.78, 5) is 5.36. The molecule has 3 aromatic rings. The fourth-order valence-corrected chi connectivity index (χ4v) is 4.83. The van der Waals surface area contributed by atoms with Gasteiger partial charge in [-0.3, -0.25) is 4.99 Å². The lowest BCUT2D eigenvalue weighted by molar-refractivity contribution is 0.268. The average Bonchev–Trinajstić information content (AvgIpc) is 3.07. The Bertz CT molecular complexity index is 1210. The van der Waals surface area contributed by atoms with E-state index in [1.54, 1.807) is 0 Å². The van der Waals surface area contributed by atoms with Crippen molar-refractivity contribution in [3.05, 3.63) is 99.0 Å². The van der Waals surface area contributed by atoms with Crippen LogP contribution >= 0.6 is 23.2 Å². The zero-order valence-corrected chi connectivity index (χ0v) is 22.2. The van der Waals surface area contributed by atoms with Crippen molar-refractivity contribution in [3.63, 3.8) is 0 Å². The van der Waals surface area contributed by atoms with Gasteiger partial charge in [0.05, 0.1) is 17.7 Å². The molecular weight excluding hydrogens is 463 g/mol. The maximum atomic E-state index is 6.23. The highest BCUT2D eigenvalue weighted by Gasteiger charge is 2.52. The van der Waals surface area contributed by atoms with E-state index in [1.165, 1.54) is 5.56 Å². The Morgan fingerprint density at radius 2 is 1.41 bits per heavy atom. The fourth-order valence-electron chi connectivity index (χ4n) is 4.58. The lowest BCUT2D eigenvalue weighted by atomic mass is 9.72. The zero-order chi connectivity index (χ0) is 24.7. The van der Waals surface area contributed by atoms with E-state index >= 15 is 0 Å². The minimum atomic E-state index is -0.609. The quantitative estimate of drug-likeness (QED) is 0.391. The molecule has 0 saturated heterocycles. The molecule has 1 heterocycles. The molecule has 34 heavy (non-hydrogen) atoms. The molecule has 0 bridgehead atoms. The Morgan fingerprint density at radius 1 is 0.853 bits per heavy atom. The number of benzene rings is 3. The highest BCUT2D eigenvalue weighted by Crippen LogP contribution is 2.48. The fraction of sp³-hybridized carbons (Fsp3) is 0.345. The topological polar surface area (TPSA) is 33.6 Å². The Hall–Kier alpha value is -2.49. The number of hydrogen-bond acceptors (Lipinski definition) is 3. The second-order valence-electron chi connectivity index (χ2n) is 10.2. The summed E-state index contributed by atoms with van der Waals surface area (Å²) >= 11 is 12.5. The van der Waals surface area contributed by atoms with E-state index in [4.69, 9.17) is 32.9 Å². The van der Waals surface area contributed by atoms with Gasteiger partial charge in [0.2, 0.25) is 0 Å². The van der Waals surface area contributed by atoms with Gasteiger partial charge in [-0.25, -0.2) is 0 Å². The molecule has 3 aromatic carbocycles. The molecule has 1 N–H and O–H groups in total. The van der Waals surface area contributed by atoms with Gasteiger partial charge in [-0.15, -0.1) is 0 Å². The van der Waals surface area contributed by atoms with Crippen molar-refractivity contribution < 1.29 is 4.74 Å². The van der Waals surface area contributed by atoms with Gasteiger partial charge in [-0.2, -0.15) is 0 Å². The highest BCUT2D eigenvalue weighted by molar-refractivity contribution is 6.30. The monoisotopic (exact) mass is 494 g/mol. The van der Waals surface area contributed by atoms with E-state index in [0.717, 1.165) is 28.3 Å². The van der Waals surface area contributed by atoms with Gasteiger partial charge in [0.1, 0.15) is 17.1 Å². The molecule has 4 rings (SSSR count). The number of amidine groups is 1. The van der Waals surface area contributed by atoms with Crippen molar-refractivity contribution in [2.75, 3.05) is 6.61 Å². The molecule has 0 amide bonds. The molecule has 3 nitrogen and oxygen atoms in total. The van der Waals surface area contributed by atoms with E-state index in [-0.39, 0.29) is 5.41 Å². The molecule has 0 spiro atoms. The maximum Gasteiger partial charge on any atom is 0.133 e. The first kappa shape index (κ1) is 24.6. The Kier molecular flexibility index (Phi) is 6.48. The van der Waals surface area contributed by atoms with Crippen LogP contribution < -0.4 is 10.1 Å². The van der Waals surface area contributed by atoms with Crippen LogP contribution in [0.4, 0.5) is 0 Å². The van der Waals surface area contributed by atoms with Crippen LogP contribution in [-0.2, 0) is 16.5 Å². The van der Waals surface area contributed by atoms with Crippen LogP contribution in [0.5, 0.6) is 5.75 Å². The predicted molar refractivity (Wildman–Crippen MR) is 144 cm³/mol. The summed E-state index contributed by atoms with van der Waals surface area (Å²) in [5.41, 5.74) is 3.21. The van der Waals surface area contributed by atoms with Crippen LogP contribution in [-0.4, -0.2) is 12.4 Å². The summed E-state index contributed by atoms with van der Waals surface area (Å²) in [6.45, 7) is 13.6. The van der Waals surface area contributed by atoms with E-state index < -0.39 is 11.1 Å². The predicted octanol–water partition coefficient (Wildman–Crippen LogP) is 7.87. The van der Waals surface area contributed by atoms with Crippen molar-refractivity contribution in [2.24, 2.45) is 4.99 Å². The minimum absolute atomic E-state index is 0.00236. The molecule has 0 saturated carbocycles. The number of halogens is 2. The van der Waals surface area contributed by atoms with E-state index in [9.17, 15) is 0 Å². The van der Waals surface area contributed by atoms with E-state index in [0.29, 0.717) is 16.7 Å². The summed E-state index contributed by atoms with van der Waals surface area (Å²) in [6.07, 6.45) is 0. The van der Waals surface area contributed by atoms with Crippen LogP contribution in [0.2, 0.25) is 10.0 Å². The van der Waals surface area contributed by atoms with Gasteiger partial charge >= 0.3 is 0 Å². The molecule has 0 aromatic heterocycles.